The molecule has 19 heavy (non-hydrogen) atoms. The Bertz CT molecular complexity index is 465. The first kappa shape index (κ1) is 14.3. The number of aliphatic hydroxyl groups is 2. The van der Waals surface area contributed by atoms with Gasteiger partial charge in [0.25, 0.3) is 0 Å². The van der Waals surface area contributed by atoms with Gasteiger partial charge in [0.1, 0.15) is 5.75 Å². The number of fused-ring (bicyclic) bond motifs is 1. The van der Waals surface area contributed by atoms with Gasteiger partial charge >= 0.3 is 0 Å². The number of hydrogen-bond donors (Lipinski definition) is 3. The van der Waals surface area contributed by atoms with Crippen LogP contribution in [0.5, 0.6) is 5.75 Å². The lowest BCUT2D eigenvalue weighted by Crippen LogP contribution is -2.46. The summed E-state index contributed by atoms with van der Waals surface area (Å²) in [6, 6.07) is 4.93. The zero-order chi connectivity index (χ0) is 14.3. The Morgan fingerprint density at radius 1 is 1.42 bits per heavy atom. The minimum atomic E-state index is -1.88. The highest BCUT2D eigenvalue weighted by atomic mass is 16.7. The molecule has 0 aromatic heterocycles. The molecule has 1 atom stereocenters. The third-order valence-electron chi connectivity index (χ3n) is 3.21. The minimum Gasteiger partial charge on any atom is -0.463 e. The van der Waals surface area contributed by atoms with Gasteiger partial charge in [-0.1, -0.05) is 6.07 Å². The minimum absolute atomic E-state index is 0.375. The Labute approximate surface area is 113 Å². The van der Waals surface area contributed by atoms with Gasteiger partial charge in [0.2, 0.25) is 5.79 Å². The molecular weight excluding hydrogens is 246 g/mol. The molecule has 0 spiro atoms. The SMILES string of the molecule is CC1(C)OCc2cc(C[C@H](N)C(C)(O)O)ccc2O1. The molecule has 0 aliphatic carbocycles. The van der Waals surface area contributed by atoms with Crippen molar-refractivity contribution in [2.75, 3.05) is 0 Å². The molecule has 0 radical (unpaired) electrons. The van der Waals surface area contributed by atoms with Crippen molar-refractivity contribution in [3.05, 3.63) is 29.3 Å². The lowest BCUT2D eigenvalue weighted by molar-refractivity contribution is -0.180. The van der Waals surface area contributed by atoms with Crippen molar-refractivity contribution < 1.29 is 19.7 Å². The van der Waals surface area contributed by atoms with Crippen molar-refractivity contribution in [1.82, 2.24) is 0 Å². The molecular formula is C14H21NO4. The van der Waals surface area contributed by atoms with E-state index in [0.717, 1.165) is 16.9 Å². The zero-order valence-corrected chi connectivity index (χ0v) is 11.5. The summed E-state index contributed by atoms with van der Waals surface area (Å²) in [6.07, 6.45) is 0.375. The number of rotatable bonds is 3. The molecule has 1 aliphatic rings. The normalized spacial score (nSPS) is 19.5. The Hall–Kier alpha value is -1.14. The summed E-state index contributed by atoms with van der Waals surface area (Å²) in [6.45, 7) is 5.48. The quantitative estimate of drug-likeness (QED) is 0.709. The molecule has 0 saturated heterocycles. The third kappa shape index (κ3) is 3.45. The van der Waals surface area contributed by atoms with Crippen LogP contribution in [0.4, 0.5) is 0 Å². The van der Waals surface area contributed by atoms with E-state index in [9.17, 15) is 10.2 Å². The molecule has 1 aromatic carbocycles. The fourth-order valence-electron chi connectivity index (χ4n) is 1.97. The van der Waals surface area contributed by atoms with Crippen LogP contribution in [0.1, 0.15) is 31.9 Å². The fraction of sp³-hybridized carbons (Fsp3) is 0.571. The molecule has 106 valence electrons. The second-order valence-corrected chi connectivity index (χ2v) is 5.64. The summed E-state index contributed by atoms with van der Waals surface area (Å²) in [7, 11) is 0. The summed E-state index contributed by atoms with van der Waals surface area (Å²) in [4.78, 5) is 0. The highest BCUT2D eigenvalue weighted by molar-refractivity contribution is 5.38. The molecule has 0 saturated carbocycles. The Morgan fingerprint density at radius 2 is 2.11 bits per heavy atom. The van der Waals surface area contributed by atoms with Crippen molar-refractivity contribution in [2.45, 2.75) is 51.4 Å². The van der Waals surface area contributed by atoms with Crippen LogP contribution < -0.4 is 10.5 Å². The average molecular weight is 267 g/mol. The van der Waals surface area contributed by atoms with Crippen LogP contribution >= 0.6 is 0 Å². The van der Waals surface area contributed by atoms with Crippen molar-refractivity contribution in [2.24, 2.45) is 5.73 Å². The van der Waals surface area contributed by atoms with Crippen molar-refractivity contribution in [3.63, 3.8) is 0 Å². The second kappa shape index (κ2) is 4.76. The van der Waals surface area contributed by atoms with E-state index in [1.807, 2.05) is 32.0 Å². The van der Waals surface area contributed by atoms with E-state index >= 15 is 0 Å². The van der Waals surface area contributed by atoms with E-state index in [4.69, 9.17) is 15.2 Å². The maximum absolute atomic E-state index is 9.44. The predicted molar refractivity (Wildman–Crippen MR) is 70.5 cm³/mol. The van der Waals surface area contributed by atoms with Crippen molar-refractivity contribution in [3.8, 4) is 5.75 Å². The van der Waals surface area contributed by atoms with Crippen molar-refractivity contribution >= 4 is 0 Å². The Morgan fingerprint density at radius 3 is 2.74 bits per heavy atom. The maximum Gasteiger partial charge on any atom is 0.205 e. The van der Waals surface area contributed by atoms with E-state index in [1.165, 1.54) is 6.92 Å². The van der Waals surface area contributed by atoms with Gasteiger partial charge in [-0.3, -0.25) is 0 Å². The first-order valence-corrected chi connectivity index (χ1v) is 6.32. The number of benzene rings is 1. The lowest BCUT2D eigenvalue weighted by Gasteiger charge is -2.33. The molecule has 5 heteroatoms. The van der Waals surface area contributed by atoms with Gasteiger partial charge in [-0.25, -0.2) is 0 Å². The van der Waals surface area contributed by atoms with Gasteiger partial charge in [-0.05, 0) is 31.0 Å². The number of ether oxygens (including phenoxy) is 2. The van der Waals surface area contributed by atoms with E-state index in [-0.39, 0.29) is 0 Å². The first-order chi connectivity index (χ1) is 8.67. The van der Waals surface area contributed by atoms with Gasteiger partial charge in [0, 0.05) is 19.4 Å². The predicted octanol–water partition coefficient (Wildman–Crippen LogP) is 0.902. The highest BCUT2D eigenvalue weighted by Crippen LogP contribution is 2.32. The summed E-state index contributed by atoms with van der Waals surface area (Å²) in [5.41, 5.74) is 7.61. The summed E-state index contributed by atoms with van der Waals surface area (Å²) >= 11 is 0. The summed E-state index contributed by atoms with van der Waals surface area (Å²) in [5.74, 6) is -1.70. The molecule has 4 N–H and O–H groups in total. The van der Waals surface area contributed by atoms with E-state index in [2.05, 4.69) is 0 Å². The molecule has 5 nitrogen and oxygen atoms in total. The molecule has 0 unspecified atom stereocenters. The molecule has 1 aliphatic heterocycles. The summed E-state index contributed by atoms with van der Waals surface area (Å²) < 4.78 is 11.3. The lowest BCUT2D eigenvalue weighted by atomic mass is 9.98. The first-order valence-electron chi connectivity index (χ1n) is 6.32. The van der Waals surface area contributed by atoms with Crippen LogP contribution in [0, 0.1) is 0 Å². The number of nitrogens with two attached hydrogens (primary N) is 1. The number of hydrogen-bond acceptors (Lipinski definition) is 5. The Kier molecular flexibility index (Phi) is 3.57. The third-order valence-corrected chi connectivity index (χ3v) is 3.21. The molecule has 1 heterocycles. The van der Waals surface area contributed by atoms with Crippen LogP contribution in [0.3, 0.4) is 0 Å². The van der Waals surface area contributed by atoms with E-state index in [0.29, 0.717) is 13.0 Å². The van der Waals surface area contributed by atoms with E-state index in [1.54, 1.807) is 0 Å². The monoisotopic (exact) mass is 267 g/mol. The van der Waals surface area contributed by atoms with Gasteiger partial charge in [0.05, 0.1) is 12.6 Å². The molecule has 0 fully saturated rings. The van der Waals surface area contributed by atoms with Gasteiger partial charge in [-0.2, -0.15) is 0 Å². The second-order valence-electron chi connectivity index (χ2n) is 5.64. The van der Waals surface area contributed by atoms with Crippen LogP contribution in [0.25, 0.3) is 0 Å². The van der Waals surface area contributed by atoms with Crippen LogP contribution in [-0.4, -0.2) is 27.8 Å². The van der Waals surface area contributed by atoms with Crippen LogP contribution in [-0.2, 0) is 17.8 Å². The molecule has 2 rings (SSSR count). The maximum atomic E-state index is 9.44. The average Bonchev–Trinajstić information content (AvgIpc) is 2.27. The standard InChI is InChI=1S/C14H21NO4/c1-13(2)18-8-10-6-9(4-5-11(10)19-13)7-12(15)14(3,16)17/h4-6,12,16-17H,7-8,15H2,1-3H3/t12-/m0/s1. The summed E-state index contributed by atoms with van der Waals surface area (Å²) in [5, 5.41) is 18.9. The van der Waals surface area contributed by atoms with Crippen LogP contribution in [0.15, 0.2) is 18.2 Å². The topological polar surface area (TPSA) is 84.9 Å². The van der Waals surface area contributed by atoms with E-state index < -0.39 is 17.6 Å². The van der Waals surface area contributed by atoms with Crippen molar-refractivity contribution in [1.29, 1.82) is 0 Å². The fourth-order valence-corrected chi connectivity index (χ4v) is 1.97. The highest BCUT2D eigenvalue weighted by Gasteiger charge is 2.29. The molecule has 0 amide bonds. The largest absolute Gasteiger partial charge is 0.463 e. The van der Waals surface area contributed by atoms with Gasteiger partial charge in [0.15, 0.2) is 5.79 Å². The Balaban J connectivity index is 2.15. The zero-order valence-electron chi connectivity index (χ0n) is 11.5. The molecule has 1 aromatic rings. The molecule has 0 bridgehead atoms. The smallest absolute Gasteiger partial charge is 0.205 e. The van der Waals surface area contributed by atoms with Gasteiger partial charge in [-0.15, -0.1) is 0 Å². The van der Waals surface area contributed by atoms with Gasteiger partial charge < -0.3 is 25.4 Å². The van der Waals surface area contributed by atoms with Crippen LogP contribution in [0.2, 0.25) is 0 Å².